The van der Waals surface area contributed by atoms with Crippen LogP contribution in [-0.2, 0) is 11.3 Å². The van der Waals surface area contributed by atoms with Crippen LogP contribution in [0.1, 0.15) is 51.0 Å². The molecule has 1 aromatic rings. The van der Waals surface area contributed by atoms with E-state index in [9.17, 15) is 4.79 Å². The van der Waals surface area contributed by atoms with Crippen LogP contribution in [0.15, 0.2) is 24.3 Å². The smallest absolute Gasteiger partial charge is 0.221 e. The average molecular weight is 260 g/mol. The molecule has 0 unspecified atom stereocenters. The molecular formula is C16H24N2O. The van der Waals surface area contributed by atoms with Crippen LogP contribution in [0, 0.1) is 0 Å². The summed E-state index contributed by atoms with van der Waals surface area (Å²) in [5, 5.41) is 6.44. The Morgan fingerprint density at radius 2 is 1.74 bits per heavy atom. The first-order valence-electron chi connectivity index (χ1n) is 7.34. The van der Waals surface area contributed by atoms with E-state index in [2.05, 4.69) is 22.8 Å². The quantitative estimate of drug-likeness (QED) is 0.814. The Kier molecular flexibility index (Phi) is 5.40. The molecule has 1 saturated carbocycles. The minimum atomic E-state index is -0.0238. The van der Waals surface area contributed by atoms with Crippen molar-refractivity contribution in [1.82, 2.24) is 5.32 Å². The molecule has 3 nitrogen and oxygen atoms in total. The third-order valence-electron chi connectivity index (χ3n) is 3.72. The van der Waals surface area contributed by atoms with Crippen LogP contribution < -0.4 is 10.6 Å². The molecule has 0 heterocycles. The molecule has 1 aliphatic carbocycles. The van der Waals surface area contributed by atoms with Crippen molar-refractivity contribution in [2.24, 2.45) is 0 Å². The zero-order valence-corrected chi connectivity index (χ0v) is 11.7. The predicted molar refractivity (Wildman–Crippen MR) is 79.1 cm³/mol. The summed E-state index contributed by atoms with van der Waals surface area (Å²) in [5.41, 5.74) is 2.14. The molecule has 1 amide bonds. The van der Waals surface area contributed by atoms with E-state index >= 15 is 0 Å². The van der Waals surface area contributed by atoms with Crippen molar-refractivity contribution in [3.63, 3.8) is 0 Å². The molecule has 1 fully saturated rings. The molecule has 19 heavy (non-hydrogen) atoms. The van der Waals surface area contributed by atoms with Crippen molar-refractivity contribution >= 4 is 11.6 Å². The van der Waals surface area contributed by atoms with Crippen molar-refractivity contribution in [2.75, 3.05) is 5.32 Å². The van der Waals surface area contributed by atoms with E-state index in [1.165, 1.54) is 51.0 Å². The lowest BCUT2D eigenvalue weighted by Crippen LogP contribution is -2.27. The van der Waals surface area contributed by atoms with Crippen LogP contribution >= 0.6 is 0 Å². The van der Waals surface area contributed by atoms with E-state index < -0.39 is 0 Å². The summed E-state index contributed by atoms with van der Waals surface area (Å²) in [6, 6.07) is 8.76. The zero-order valence-electron chi connectivity index (χ0n) is 11.7. The number of hydrogen-bond acceptors (Lipinski definition) is 2. The summed E-state index contributed by atoms with van der Waals surface area (Å²) in [7, 11) is 0. The molecule has 0 atom stereocenters. The maximum Gasteiger partial charge on any atom is 0.221 e. The van der Waals surface area contributed by atoms with Crippen LogP contribution in [0.3, 0.4) is 0 Å². The van der Waals surface area contributed by atoms with Gasteiger partial charge in [-0.25, -0.2) is 0 Å². The van der Waals surface area contributed by atoms with Gasteiger partial charge in [0.15, 0.2) is 0 Å². The van der Waals surface area contributed by atoms with Crippen LogP contribution in [0.2, 0.25) is 0 Å². The normalized spacial score (nSPS) is 16.9. The van der Waals surface area contributed by atoms with Crippen molar-refractivity contribution in [3.05, 3.63) is 29.8 Å². The van der Waals surface area contributed by atoms with E-state index in [1.54, 1.807) is 0 Å². The minimum Gasteiger partial charge on any atom is -0.326 e. The van der Waals surface area contributed by atoms with Crippen molar-refractivity contribution in [2.45, 2.75) is 58.0 Å². The highest BCUT2D eigenvalue weighted by atomic mass is 16.1. The molecule has 1 aliphatic rings. The van der Waals surface area contributed by atoms with Gasteiger partial charge in [-0.1, -0.05) is 37.8 Å². The van der Waals surface area contributed by atoms with Crippen molar-refractivity contribution < 1.29 is 4.79 Å². The second-order valence-electron chi connectivity index (χ2n) is 5.45. The van der Waals surface area contributed by atoms with E-state index in [-0.39, 0.29) is 5.91 Å². The Balaban J connectivity index is 1.80. The molecule has 1 aromatic carbocycles. The molecule has 104 valence electrons. The monoisotopic (exact) mass is 260 g/mol. The first-order valence-corrected chi connectivity index (χ1v) is 7.34. The Morgan fingerprint density at radius 3 is 2.32 bits per heavy atom. The van der Waals surface area contributed by atoms with Crippen LogP contribution in [0.25, 0.3) is 0 Å². The summed E-state index contributed by atoms with van der Waals surface area (Å²) in [4.78, 5) is 10.9. The second-order valence-corrected chi connectivity index (χ2v) is 5.45. The highest BCUT2D eigenvalue weighted by Gasteiger charge is 2.11. The molecule has 0 spiro atoms. The number of nitrogens with one attached hydrogen (secondary N) is 2. The van der Waals surface area contributed by atoms with Crippen molar-refractivity contribution in [3.8, 4) is 0 Å². The minimum absolute atomic E-state index is 0.0238. The fourth-order valence-electron chi connectivity index (χ4n) is 2.65. The van der Waals surface area contributed by atoms with Crippen molar-refractivity contribution in [1.29, 1.82) is 0 Å². The molecule has 3 heteroatoms. The van der Waals surface area contributed by atoms with Gasteiger partial charge < -0.3 is 10.6 Å². The van der Waals surface area contributed by atoms with Crippen LogP contribution in [0.4, 0.5) is 5.69 Å². The van der Waals surface area contributed by atoms with Gasteiger partial charge in [-0.3, -0.25) is 4.79 Å². The maximum atomic E-state index is 10.9. The Hall–Kier alpha value is -1.35. The van der Waals surface area contributed by atoms with E-state index in [4.69, 9.17) is 0 Å². The third kappa shape index (κ3) is 5.03. The summed E-state index contributed by atoms with van der Waals surface area (Å²) in [6.45, 7) is 2.45. The lowest BCUT2D eigenvalue weighted by Gasteiger charge is -2.16. The zero-order chi connectivity index (χ0) is 13.5. The lowest BCUT2D eigenvalue weighted by molar-refractivity contribution is -0.114. The molecule has 0 saturated heterocycles. The molecule has 0 aliphatic heterocycles. The summed E-state index contributed by atoms with van der Waals surface area (Å²) in [5.74, 6) is -0.0238. The summed E-state index contributed by atoms with van der Waals surface area (Å²) >= 11 is 0. The van der Waals surface area contributed by atoms with Gasteiger partial charge in [-0.15, -0.1) is 0 Å². The number of amides is 1. The Labute approximate surface area is 115 Å². The number of rotatable bonds is 4. The molecular weight excluding hydrogens is 236 g/mol. The number of carbonyl (C=O) groups excluding carboxylic acids is 1. The standard InChI is InChI=1S/C16H24N2O/c1-13(19)18-16-10-8-14(9-11-16)12-17-15-6-4-2-3-5-7-15/h8-11,15,17H,2-7,12H2,1H3,(H,18,19). The van der Waals surface area contributed by atoms with E-state index in [0.717, 1.165) is 12.2 Å². The SMILES string of the molecule is CC(=O)Nc1ccc(CNC2CCCCCC2)cc1. The first-order chi connectivity index (χ1) is 9.24. The van der Waals surface area contributed by atoms with E-state index in [1.807, 2.05) is 12.1 Å². The highest BCUT2D eigenvalue weighted by molar-refractivity contribution is 5.88. The van der Waals surface area contributed by atoms with Gasteiger partial charge in [0.2, 0.25) is 5.91 Å². The summed E-state index contributed by atoms with van der Waals surface area (Å²) in [6.07, 6.45) is 8.12. The summed E-state index contributed by atoms with van der Waals surface area (Å²) < 4.78 is 0. The van der Waals surface area contributed by atoms with Crippen LogP contribution in [-0.4, -0.2) is 11.9 Å². The number of carbonyl (C=O) groups is 1. The van der Waals surface area contributed by atoms with Gasteiger partial charge in [0.05, 0.1) is 0 Å². The molecule has 0 bridgehead atoms. The first kappa shape index (κ1) is 14.1. The van der Waals surface area contributed by atoms with Gasteiger partial charge in [-0.2, -0.15) is 0 Å². The topological polar surface area (TPSA) is 41.1 Å². The number of hydrogen-bond donors (Lipinski definition) is 2. The fraction of sp³-hybridized carbons (Fsp3) is 0.562. The average Bonchev–Trinajstić information content (AvgIpc) is 2.66. The lowest BCUT2D eigenvalue weighted by atomic mass is 10.1. The number of anilines is 1. The van der Waals surface area contributed by atoms with Gasteiger partial charge in [0.1, 0.15) is 0 Å². The Bertz CT molecular complexity index is 392. The number of benzene rings is 1. The van der Waals surface area contributed by atoms with Gasteiger partial charge >= 0.3 is 0 Å². The van der Waals surface area contributed by atoms with Gasteiger partial charge in [0.25, 0.3) is 0 Å². The van der Waals surface area contributed by atoms with E-state index in [0.29, 0.717) is 6.04 Å². The highest BCUT2D eigenvalue weighted by Crippen LogP contribution is 2.18. The van der Waals surface area contributed by atoms with Crippen LogP contribution in [0.5, 0.6) is 0 Å². The predicted octanol–water partition coefficient (Wildman–Crippen LogP) is 3.46. The fourth-order valence-corrected chi connectivity index (χ4v) is 2.65. The maximum absolute atomic E-state index is 10.9. The molecule has 2 N–H and O–H groups in total. The molecule has 0 radical (unpaired) electrons. The van der Waals surface area contributed by atoms with Gasteiger partial charge in [0, 0.05) is 25.2 Å². The Morgan fingerprint density at radius 1 is 1.11 bits per heavy atom. The van der Waals surface area contributed by atoms with Gasteiger partial charge in [-0.05, 0) is 30.5 Å². The molecule has 0 aromatic heterocycles. The molecule has 2 rings (SSSR count). The largest absolute Gasteiger partial charge is 0.326 e. The third-order valence-corrected chi connectivity index (χ3v) is 3.72. The second kappa shape index (κ2) is 7.29.